The van der Waals surface area contributed by atoms with Gasteiger partial charge in [-0.3, -0.25) is 4.79 Å². The Morgan fingerprint density at radius 3 is 2.89 bits per heavy atom. The van der Waals surface area contributed by atoms with Crippen molar-refractivity contribution in [1.82, 2.24) is 5.32 Å². The van der Waals surface area contributed by atoms with Crippen LogP contribution >= 0.6 is 22.9 Å². The van der Waals surface area contributed by atoms with Crippen LogP contribution in [-0.4, -0.2) is 38.4 Å². The molecule has 0 bridgehead atoms. The lowest BCUT2D eigenvalue weighted by atomic mass is 10.3. The van der Waals surface area contributed by atoms with Gasteiger partial charge in [0.15, 0.2) is 0 Å². The number of halogens is 1. The molecule has 1 N–H and O–H groups in total. The van der Waals surface area contributed by atoms with Crippen molar-refractivity contribution in [3.05, 3.63) is 21.3 Å². The molecule has 0 saturated carbocycles. The van der Waals surface area contributed by atoms with E-state index < -0.39 is 6.10 Å². The van der Waals surface area contributed by atoms with Crippen LogP contribution in [0.25, 0.3) is 0 Å². The fourth-order valence-corrected chi connectivity index (χ4v) is 2.53. The number of carbonyl (C=O) groups is 1. The van der Waals surface area contributed by atoms with Crippen LogP contribution in [0.5, 0.6) is 0 Å². The zero-order valence-electron chi connectivity index (χ0n) is 11.3. The average Bonchev–Trinajstić information content (AvgIpc) is 2.80. The molecule has 0 aliphatic carbocycles. The maximum atomic E-state index is 11.7. The topological polar surface area (TPSA) is 47.6 Å². The highest BCUT2D eigenvalue weighted by atomic mass is 35.5. The molecule has 1 atom stereocenters. The normalized spacial score (nSPS) is 12.4. The quantitative estimate of drug-likeness (QED) is 0.713. The van der Waals surface area contributed by atoms with Crippen LogP contribution in [0.1, 0.15) is 18.7 Å². The van der Waals surface area contributed by atoms with E-state index in [1.165, 1.54) is 11.3 Å². The van der Waals surface area contributed by atoms with Gasteiger partial charge in [0, 0.05) is 18.0 Å². The molecule has 0 saturated heterocycles. The van der Waals surface area contributed by atoms with Crippen molar-refractivity contribution in [1.29, 1.82) is 0 Å². The number of nitrogens with one attached hydrogen (secondary N) is 1. The molecule has 0 radical (unpaired) electrons. The van der Waals surface area contributed by atoms with E-state index in [0.29, 0.717) is 26.4 Å². The van der Waals surface area contributed by atoms with Crippen molar-refractivity contribution in [2.24, 2.45) is 0 Å². The van der Waals surface area contributed by atoms with Crippen LogP contribution in [-0.2, 0) is 20.7 Å². The summed E-state index contributed by atoms with van der Waals surface area (Å²) in [5, 5.41) is 2.84. The number of thiophene rings is 1. The van der Waals surface area contributed by atoms with Gasteiger partial charge >= 0.3 is 0 Å². The number of amides is 1. The van der Waals surface area contributed by atoms with Gasteiger partial charge in [-0.05, 0) is 32.4 Å². The van der Waals surface area contributed by atoms with Gasteiger partial charge in [-0.1, -0.05) is 11.6 Å². The summed E-state index contributed by atoms with van der Waals surface area (Å²) in [5.41, 5.74) is 0. The monoisotopic (exact) mass is 305 g/mol. The minimum absolute atomic E-state index is 0.0980. The van der Waals surface area contributed by atoms with E-state index >= 15 is 0 Å². The fraction of sp³-hybridized carbons (Fsp3) is 0.615. The molecule has 1 aromatic rings. The number of hydrogen-bond donors (Lipinski definition) is 1. The maximum Gasteiger partial charge on any atom is 0.248 e. The van der Waals surface area contributed by atoms with E-state index in [9.17, 15) is 4.79 Å². The zero-order valence-corrected chi connectivity index (χ0v) is 12.9. The predicted octanol–water partition coefficient (Wildman–Crippen LogP) is 2.50. The molecule has 1 rings (SSSR count). The standard InChI is InChI=1S/C13H20ClNO3S/c1-3-17-8-9-18-10(2)13(16)15-7-6-11-4-5-12(14)19-11/h4-5,10H,3,6-9H2,1-2H3,(H,15,16)/t10-/m1/s1. The second-order valence-corrected chi connectivity index (χ2v) is 5.76. The summed E-state index contributed by atoms with van der Waals surface area (Å²) >= 11 is 7.37. The number of carbonyl (C=O) groups excluding carboxylic acids is 1. The molecule has 108 valence electrons. The summed E-state index contributed by atoms with van der Waals surface area (Å²) in [7, 11) is 0. The lowest BCUT2D eigenvalue weighted by Gasteiger charge is -2.13. The Hall–Kier alpha value is -0.620. The predicted molar refractivity (Wildman–Crippen MR) is 77.9 cm³/mol. The van der Waals surface area contributed by atoms with E-state index in [2.05, 4.69) is 5.32 Å². The first-order chi connectivity index (χ1) is 9.13. The van der Waals surface area contributed by atoms with E-state index in [1.54, 1.807) is 6.92 Å². The van der Waals surface area contributed by atoms with E-state index in [4.69, 9.17) is 21.1 Å². The Balaban J connectivity index is 2.12. The molecule has 6 heteroatoms. The molecule has 1 aromatic heterocycles. The Kier molecular flexibility index (Phi) is 8.05. The molecule has 0 fully saturated rings. The molecule has 0 aliphatic rings. The molecule has 4 nitrogen and oxygen atoms in total. The Labute approximate surface area is 123 Å². The largest absolute Gasteiger partial charge is 0.379 e. The Morgan fingerprint density at radius 2 is 2.26 bits per heavy atom. The summed E-state index contributed by atoms with van der Waals surface area (Å²) < 4.78 is 11.3. The number of rotatable bonds is 9. The van der Waals surface area contributed by atoms with Crippen molar-refractivity contribution in [3.8, 4) is 0 Å². The molecule has 19 heavy (non-hydrogen) atoms. The minimum atomic E-state index is -0.452. The van der Waals surface area contributed by atoms with Crippen molar-refractivity contribution in [2.75, 3.05) is 26.4 Å². The molecule has 0 aliphatic heterocycles. The fourth-order valence-electron chi connectivity index (χ4n) is 1.44. The minimum Gasteiger partial charge on any atom is -0.379 e. The Morgan fingerprint density at radius 1 is 1.47 bits per heavy atom. The first kappa shape index (κ1) is 16.4. The van der Waals surface area contributed by atoms with E-state index in [1.807, 2.05) is 19.1 Å². The zero-order chi connectivity index (χ0) is 14.1. The van der Waals surface area contributed by atoms with Crippen LogP contribution in [0.2, 0.25) is 4.34 Å². The van der Waals surface area contributed by atoms with Crippen molar-refractivity contribution in [3.63, 3.8) is 0 Å². The van der Waals surface area contributed by atoms with Crippen molar-refractivity contribution in [2.45, 2.75) is 26.4 Å². The summed E-state index contributed by atoms with van der Waals surface area (Å²) in [6.07, 6.45) is 0.335. The smallest absolute Gasteiger partial charge is 0.248 e. The Bertz CT molecular complexity index is 384. The molecule has 0 aromatic carbocycles. The van der Waals surface area contributed by atoms with Gasteiger partial charge in [0.1, 0.15) is 6.10 Å². The van der Waals surface area contributed by atoms with E-state index in [0.717, 1.165) is 15.6 Å². The van der Waals surface area contributed by atoms with Gasteiger partial charge in [-0.2, -0.15) is 0 Å². The van der Waals surface area contributed by atoms with Crippen LogP contribution < -0.4 is 5.32 Å². The average molecular weight is 306 g/mol. The number of hydrogen-bond acceptors (Lipinski definition) is 4. The third kappa shape index (κ3) is 6.92. The lowest BCUT2D eigenvalue weighted by Crippen LogP contribution is -2.36. The van der Waals surface area contributed by atoms with Crippen LogP contribution in [0.4, 0.5) is 0 Å². The molecular formula is C13H20ClNO3S. The van der Waals surface area contributed by atoms with Crippen LogP contribution in [0.3, 0.4) is 0 Å². The lowest BCUT2D eigenvalue weighted by molar-refractivity contribution is -0.132. The van der Waals surface area contributed by atoms with Gasteiger partial charge in [-0.25, -0.2) is 0 Å². The summed E-state index contributed by atoms with van der Waals surface area (Å²) in [6.45, 7) is 5.86. The maximum absolute atomic E-state index is 11.7. The second-order valence-electron chi connectivity index (χ2n) is 3.96. The summed E-state index contributed by atoms with van der Waals surface area (Å²) in [6, 6.07) is 3.84. The highest BCUT2D eigenvalue weighted by Crippen LogP contribution is 2.21. The van der Waals surface area contributed by atoms with E-state index in [-0.39, 0.29) is 5.91 Å². The van der Waals surface area contributed by atoms with Gasteiger partial charge in [0.2, 0.25) is 5.91 Å². The molecule has 1 heterocycles. The van der Waals surface area contributed by atoms with Gasteiger partial charge in [-0.15, -0.1) is 11.3 Å². The highest BCUT2D eigenvalue weighted by Gasteiger charge is 2.12. The first-order valence-corrected chi connectivity index (χ1v) is 7.54. The van der Waals surface area contributed by atoms with Gasteiger partial charge < -0.3 is 14.8 Å². The van der Waals surface area contributed by atoms with Crippen molar-refractivity contribution < 1.29 is 14.3 Å². The molecule has 1 amide bonds. The molecular weight excluding hydrogens is 286 g/mol. The van der Waals surface area contributed by atoms with Gasteiger partial charge in [0.05, 0.1) is 17.6 Å². The molecule has 0 unspecified atom stereocenters. The van der Waals surface area contributed by atoms with Crippen LogP contribution in [0.15, 0.2) is 12.1 Å². The SMILES string of the molecule is CCOCCO[C@H](C)C(=O)NCCc1ccc(Cl)s1. The number of ether oxygens (including phenoxy) is 2. The summed E-state index contributed by atoms with van der Waals surface area (Å²) in [4.78, 5) is 12.9. The first-order valence-electron chi connectivity index (χ1n) is 6.34. The van der Waals surface area contributed by atoms with Crippen molar-refractivity contribution >= 4 is 28.8 Å². The highest BCUT2D eigenvalue weighted by molar-refractivity contribution is 7.16. The summed E-state index contributed by atoms with van der Waals surface area (Å²) in [5.74, 6) is -0.0980. The second kappa shape index (κ2) is 9.31. The van der Waals surface area contributed by atoms with Gasteiger partial charge in [0.25, 0.3) is 0 Å². The third-order valence-corrected chi connectivity index (χ3v) is 3.76. The molecule has 0 spiro atoms. The van der Waals surface area contributed by atoms with Crippen LogP contribution in [0, 0.1) is 0 Å². The third-order valence-electron chi connectivity index (χ3n) is 2.47.